The molecule has 14 atom stereocenters. The number of carboxylic acid groups (broad SMARTS) is 2. The van der Waals surface area contributed by atoms with Gasteiger partial charge in [0, 0.05) is 81.7 Å². The molecule has 6 rings (SSSR count). The van der Waals surface area contributed by atoms with Crippen LogP contribution < -0.4 is 31.7 Å². The summed E-state index contributed by atoms with van der Waals surface area (Å²) in [5, 5.41) is 64.6. The molecule has 0 spiro atoms. The zero-order chi connectivity index (χ0) is 64.0. The predicted octanol–water partition coefficient (Wildman–Crippen LogP) is 1.85. The van der Waals surface area contributed by atoms with Crippen molar-refractivity contribution in [2.45, 2.75) is 160 Å². The number of hydrogen-bond acceptors (Lipinski definition) is 18. The lowest BCUT2D eigenvalue weighted by molar-refractivity contribution is -0.942. The van der Waals surface area contributed by atoms with Gasteiger partial charge in [0.25, 0.3) is 23.6 Å². The van der Waals surface area contributed by atoms with E-state index in [1.807, 2.05) is 65.1 Å². The smallest absolute Gasteiger partial charge is 0.335 e. The Hall–Kier alpha value is -7.24. The van der Waals surface area contributed by atoms with Crippen molar-refractivity contribution in [3.63, 3.8) is 0 Å². The highest BCUT2D eigenvalue weighted by Crippen LogP contribution is 2.35. The number of quaternary nitrogens is 1. The number of carbonyl (C=O) groups excluding carboxylic acids is 7. The Labute approximate surface area is 509 Å². The quantitative estimate of drug-likeness (QED) is 0.0336. The van der Waals surface area contributed by atoms with E-state index in [0.717, 1.165) is 24.1 Å². The normalized spacial score (nSPS) is 23.6. The molecule has 4 heterocycles. The first-order chi connectivity index (χ1) is 41.2. The van der Waals surface area contributed by atoms with Crippen molar-refractivity contribution in [3.05, 3.63) is 87.9 Å². The van der Waals surface area contributed by atoms with Crippen molar-refractivity contribution in [2.24, 2.45) is 23.5 Å². The summed E-state index contributed by atoms with van der Waals surface area (Å²) in [4.78, 5) is 126. The Kier molecular flexibility index (Phi) is 24.6. The van der Waals surface area contributed by atoms with E-state index in [9.17, 15) is 68.7 Å². The number of aliphatic hydroxyl groups is 3. The number of nitrogens with two attached hydrogens (primary N) is 1. The van der Waals surface area contributed by atoms with Gasteiger partial charge in [-0.2, -0.15) is 0 Å². The van der Waals surface area contributed by atoms with E-state index < -0.39 is 121 Å². The summed E-state index contributed by atoms with van der Waals surface area (Å²) in [6, 6.07) is 10.2. The number of likely N-dealkylation sites (N-methyl/N-ethyl adjacent to an activating group) is 2. The average molecular weight is 1240 g/mol. The Morgan fingerprint density at radius 1 is 0.920 bits per heavy atom. The number of aliphatic carboxylic acids is 2. The van der Waals surface area contributed by atoms with E-state index in [-0.39, 0.29) is 71.2 Å². The fourth-order valence-electron chi connectivity index (χ4n) is 11.3. The first-order valence-electron chi connectivity index (χ1n) is 29.2. The highest BCUT2D eigenvalue weighted by Gasteiger charge is 2.49. The van der Waals surface area contributed by atoms with Gasteiger partial charge in [-0.15, -0.1) is 11.3 Å². The summed E-state index contributed by atoms with van der Waals surface area (Å²) in [6.45, 7) is 9.42. The number of carbonyl (C=O) groups is 9. The molecule has 8 unspecified atom stereocenters. The molecule has 0 saturated carbocycles. The van der Waals surface area contributed by atoms with Crippen LogP contribution in [-0.2, 0) is 60.8 Å². The summed E-state index contributed by atoms with van der Waals surface area (Å²) in [5.74, 6) is -7.97. The minimum atomic E-state index is -2.01. The molecule has 2 aromatic carbocycles. The molecule has 0 radical (unpaired) electrons. The van der Waals surface area contributed by atoms with Crippen LogP contribution in [-0.4, -0.2) is 200 Å². The zero-order valence-electron chi connectivity index (χ0n) is 50.3. The number of thiazole rings is 1. The fourth-order valence-corrected chi connectivity index (χ4v) is 12.1. The Balaban J connectivity index is 1.18. The van der Waals surface area contributed by atoms with Crippen LogP contribution in [0.5, 0.6) is 5.75 Å². The summed E-state index contributed by atoms with van der Waals surface area (Å²) in [5.41, 5.74) is 7.38. The zero-order valence-corrected chi connectivity index (χ0v) is 51.1. The molecule has 11 N–H and O–H groups in total. The van der Waals surface area contributed by atoms with Gasteiger partial charge in [-0.1, -0.05) is 71.4 Å². The number of amides is 7. The van der Waals surface area contributed by atoms with Crippen LogP contribution >= 0.6 is 11.3 Å². The van der Waals surface area contributed by atoms with Crippen molar-refractivity contribution in [2.75, 3.05) is 46.2 Å². The lowest BCUT2D eigenvalue weighted by Crippen LogP contribution is -2.63. The number of anilines is 1. The number of nitrogens with one attached hydrogen (secondary N) is 4. The number of methoxy groups -OCH3 is 1. The van der Waals surface area contributed by atoms with Crippen LogP contribution in [0.4, 0.5) is 5.69 Å². The van der Waals surface area contributed by atoms with Crippen LogP contribution in [0.25, 0.3) is 0 Å². The minimum Gasteiger partial charge on any atom is -0.481 e. The van der Waals surface area contributed by atoms with Gasteiger partial charge in [0.2, 0.25) is 24.0 Å². The molecule has 0 bridgehead atoms. The van der Waals surface area contributed by atoms with Gasteiger partial charge in [0.15, 0.2) is 12.1 Å². The van der Waals surface area contributed by atoms with Crippen LogP contribution in [0.1, 0.15) is 112 Å². The van der Waals surface area contributed by atoms with Gasteiger partial charge in [-0.3, -0.25) is 43.3 Å². The number of aliphatic hydroxyl groups excluding tert-OH is 3. The minimum absolute atomic E-state index is 0.0232. The van der Waals surface area contributed by atoms with Crippen molar-refractivity contribution < 1.29 is 87.4 Å². The molecule has 27 heteroatoms. The van der Waals surface area contributed by atoms with Gasteiger partial charge >= 0.3 is 11.9 Å². The lowest BCUT2D eigenvalue weighted by atomic mass is 9.92. The van der Waals surface area contributed by atoms with E-state index in [0.29, 0.717) is 54.1 Å². The SMILES string of the molecule is CCC(C)C(NC(=O)[C@H]1CCCC[N+]1(C)Cc1ccc(O[C@@H]2O[C@H](C(=O)O)[C@@H](O)[C@H](O)[C@H]2O)c(NC(=O)CCNC(=O)C(CN)N2C(=O)C=CC2=O)c1)C(=O)N(C)C(CC(OC)c1nc(C(=O)NC(Cc2ccccc2)CC(C)C(=O)O)cs1)C(C)C. The first-order valence-corrected chi connectivity index (χ1v) is 30.1. The molecule has 1 aromatic heterocycles. The third-order valence-electron chi connectivity index (χ3n) is 16.6. The van der Waals surface area contributed by atoms with Gasteiger partial charge in [0.1, 0.15) is 59.5 Å². The monoisotopic (exact) mass is 1230 g/mol. The second kappa shape index (κ2) is 31.1. The number of aromatic nitrogens is 1. The number of likely N-dealkylation sites (tertiary alicyclic amines) is 1. The third-order valence-corrected chi connectivity index (χ3v) is 17.5. The molecule has 2 saturated heterocycles. The van der Waals surface area contributed by atoms with Gasteiger partial charge in [-0.25, -0.2) is 9.78 Å². The molecule has 3 aliphatic heterocycles. The number of imide groups is 1. The maximum atomic E-state index is 14.9. The molecule has 3 aromatic rings. The maximum absolute atomic E-state index is 14.9. The highest BCUT2D eigenvalue weighted by molar-refractivity contribution is 7.09. The van der Waals surface area contributed by atoms with Crippen LogP contribution in [0.15, 0.2) is 66.1 Å². The van der Waals surface area contributed by atoms with E-state index in [1.165, 1.54) is 24.5 Å². The summed E-state index contributed by atoms with van der Waals surface area (Å²) in [6.07, 6.45) is -5.47. The molecule has 87 heavy (non-hydrogen) atoms. The molecule has 2 fully saturated rings. The second-order valence-corrected chi connectivity index (χ2v) is 24.2. The lowest BCUT2D eigenvalue weighted by Gasteiger charge is -2.44. The van der Waals surface area contributed by atoms with Crippen molar-refractivity contribution in [3.8, 4) is 5.75 Å². The van der Waals surface area contributed by atoms with Crippen molar-refractivity contribution in [1.29, 1.82) is 0 Å². The molecule has 476 valence electrons. The molecular formula is C60H84N9O17S+. The van der Waals surface area contributed by atoms with Gasteiger partial charge < -0.3 is 76.1 Å². The van der Waals surface area contributed by atoms with E-state index in [1.54, 1.807) is 36.4 Å². The van der Waals surface area contributed by atoms with Gasteiger partial charge in [0.05, 0.1) is 25.2 Å². The number of piperidine rings is 1. The number of benzene rings is 2. The van der Waals surface area contributed by atoms with Crippen molar-refractivity contribution >= 4 is 70.3 Å². The van der Waals surface area contributed by atoms with E-state index in [4.69, 9.17) is 19.9 Å². The Morgan fingerprint density at radius 3 is 2.23 bits per heavy atom. The fraction of sp³-hybridized carbons (Fsp3) is 0.567. The van der Waals surface area contributed by atoms with Crippen LogP contribution in [0.3, 0.4) is 0 Å². The first kappa shape index (κ1) is 68.9. The molecular weight excluding hydrogens is 1150 g/mol. The summed E-state index contributed by atoms with van der Waals surface area (Å²) in [7, 11) is 5.14. The molecule has 3 aliphatic rings. The molecule has 0 aliphatic carbocycles. The standard InChI is InChI=1S/C60H83N9O17S/c1-9-33(4)48(57(79)67(6)40(32(2)3)28-44(84-8)56-65-39(31-87-56)53(76)63-37(25-34(5)58(80)81)26-35-15-11-10-12-16-35)66-55(78)42-17-13-14-24-69(42,7)30-36-18-19-43(85-60-51(75)49(73)50(74)52(86-60)59(82)83)38(27-36)64-45(70)22-23-62-54(77)41(29-61)68-46(71)20-21-47(68)72/h10-12,15-16,18-21,27,31-34,37,40-42,44,48-52,60,73-75H,9,13-14,17,22-26,28-30,61H2,1-8H3,(H5-,62,63,64,66,70,76,77,78,80,81,82,83)/p+1/t33?,34?,37?,40?,41?,42-,44?,48?,49+,50+,51-,52+,60-,69?/m1/s1. The van der Waals surface area contributed by atoms with Crippen LogP contribution in [0.2, 0.25) is 0 Å². The Morgan fingerprint density at radius 2 is 1.61 bits per heavy atom. The molecule has 26 nitrogen and oxygen atoms in total. The van der Waals surface area contributed by atoms with E-state index in [2.05, 4.69) is 26.3 Å². The summed E-state index contributed by atoms with van der Waals surface area (Å²) >= 11 is 1.23. The third kappa shape index (κ3) is 17.5. The highest BCUT2D eigenvalue weighted by atomic mass is 32.1. The largest absolute Gasteiger partial charge is 0.481 e. The molecule has 7 amide bonds. The van der Waals surface area contributed by atoms with Gasteiger partial charge in [-0.05, 0) is 61.3 Å². The number of ether oxygens (including phenoxy) is 3. The number of hydrogen-bond donors (Lipinski definition) is 10. The maximum Gasteiger partial charge on any atom is 0.335 e. The Bertz CT molecular complexity index is 2950. The number of carboxylic acids is 2. The second-order valence-electron chi connectivity index (χ2n) is 23.3. The average Bonchev–Trinajstić information content (AvgIpc) is 2.73. The number of rotatable bonds is 30. The van der Waals surface area contributed by atoms with E-state index >= 15 is 0 Å². The van der Waals surface area contributed by atoms with Crippen molar-refractivity contribution in [1.82, 2.24) is 30.7 Å². The predicted molar refractivity (Wildman–Crippen MR) is 316 cm³/mol. The number of nitrogens with zero attached hydrogens (tertiary/aromatic N) is 4. The topological polar surface area (TPSA) is 376 Å². The van der Waals surface area contributed by atoms with Crippen LogP contribution in [0, 0.1) is 17.8 Å². The summed E-state index contributed by atoms with van der Waals surface area (Å²) < 4.78 is 17.4.